The molecule has 0 fully saturated rings. The molecule has 0 saturated carbocycles. The molecule has 0 aliphatic rings. The number of hydrogen-bond acceptors (Lipinski definition) is 4. The minimum absolute atomic E-state index is 0.0833. The molecular formula is C20H21ClF3NO4S. The molecule has 30 heavy (non-hydrogen) atoms. The predicted molar refractivity (Wildman–Crippen MR) is 107 cm³/mol. The van der Waals surface area contributed by atoms with Gasteiger partial charge in [-0.15, -0.1) is 11.6 Å². The second-order valence-corrected chi connectivity index (χ2v) is 9.09. The Morgan fingerprint density at radius 3 is 2.30 bits per heavy atom. The summed E-state index contributed by atoms with van der Waals surface area (Å²) in [5, 5.41) is -0.729. The van der Waals surface area contributed by atoms with Crippen molar-refractivity contribution in [1.29, 1.82) is 0 Å². The SMILES string of the molecule is CC(Cl)C(=O)N(Cc1cccc(OS(=O)(=O)c2cccc(C(F)(F)F)c2)c1)C(C)C. The van der Waals surface area contributed by atoms with Gasteiger partial charge < -0.3 is 9.08 Å². The first kappa shape index (κ1) is 24.0. The molecule has 164 valence electrons. The van der Waals surface area contributed by atoms with Gasteiger partial charge in [-0.1, -0.05) is 18.2 Å². The van der Waals surface area contributed by atoms with Crippen molar-refractivity contribution >= 4 is 27.6 Å². The average molecular weight is 464 g/mol. The third kappa shape index (κ3) is 6.12. The summed E-state index contributed by atoms with van der Waals surface area (Å²) in [6.07, 6.45) is -4.68. The lowest BCUT2D eigenvalue weighted by atomic mass is 10.1. The standard InChI is InChI=1S/C20H21ClF3NO4S/c1-13(2)25(19(26)14(3)21)12-15-6-4-8-17(10-15)29-30(27,28)18-9-5-7-16(11-18)20(22,23)24/h4-11,13-14H,12H2,1-3H3. The molecule has 10 heteroatoms. The second-order valence-electron chi connectivity index (χ2n) is 6.89. The van der Waals surface area contributed by atoms with Crippen molar-refractivity contribution in [3.8, 4) is 5.75 Å². The van der Waals surface area contributed by atoms with E-state index in [-0.39, 0.29) is 24.2 Å². The molecule has 1 amide bonds. The van der Waals surface area contributed by atoms with E-state index in [9.17, 15) is 26.4 Å². The second kappa shape index (κ2) is 9.26. The highest BCUT2D eigenvalue weighted by molar-refractivity contribution is 7.87. The van der Waals surface area contributed by atoms with Gasteiger partial charge in [-0.2, -0.15) is 21.6 Å². The Balaban J connectivity index is 2.27. The molecule has 5 nitrogen and oxygen atoms in total. The van der Waals surface area contributed by atoms with Crippen molar-refractivity contribution in [1.82, 2.24) is 4.90 Å². The summed E-state index contributed by atoms with van der Waals surface area (Å²) in [5.41, 5.74) is -0.520. The van der Waals surface area contributed by atoms with Crippen molar-refractivity contribution in [2.75, 3.05) is 0 Å². The van der Waals surface area contributed by atoms with Crippen LogP contribution in [0.5, 0.6) is 5.75 Å². The van der Waals surface area contributed by atoms with Gasteiger partial charge >= 0.3 is 16.3 Å². The smallest absolute Gasteiger partial charge is 0.379 e. The quantitative estimate of drug-likeness (QED) is 0.435. The highest BCUT2D eigenvalue weighted by Crippen LogP contribution is 2.31. The van der Waals surface area contributed by atoms with Crippen molar-refractivity contribution < 1.29 is 30.6 Å². The van der Waals surface area contributed by atoms with E-state index >= 15 is 0 Å². The summed E-state index contributed by atoms with van der Waals surface area (Å²) in [6.45, 7) is 5.35. The topological polar surface area (TPSA) is 63.7 Å². The fraction of sp³-hybridized carbons (Fsp3) is 0.350. The molecule has 1 atom stereocenters. The molecule has 0 spiro atoms. The largest absolute Gasteiger partial charge is 0.416 e. The Morgan fingerprint density at radius 2 is 1.73 bits per heavy atom. The number of alkyl halides is 4. The minimum Gasteiger partial charge on any atom is -0.379 e. The van der Waals surface area contributed by atoms with Crippen LogP contribution in [-0.4, -0.2) is 30.6 Å². The summed E-state index contributed by atoms with van der Waals surface area (Å²) in [4.78, 5) is 13.2. The molecule has 1 unspecified atom stereocenters. The van der Waals surface area contributed by atoms with Crippen LogP contribution >= 0.6 is 11.6 Å². The van der Waals surface area contributed by atoms with Gasteiger partial charge in [0.2, 0.25) is 5.91 Å². The van der Waals surface area contributed by atoms with Crippen LogP contribution in [0, 0.1) is 0 Å². The molecule has 0 N–H and O–H groups in total. The fourth-order valence-electron chi connectivity index (χ4n) is 2.64. The number of carbonyl (C=O) groups excluding carboxylic acids is 1. The summed E-state index contributed by atoms with van der Waals surface area (Å²) >= 11 is 5.89. The van der Waals surface area contributed by atoms with Gasteiger partial charge in [-0.05, 0) is 56.7 Å². The highest BCUT2D eigenvalue weighted by atomic mass is 35.5. The Hall–Kier alpha value is -2.26. The molecule has 2 rings (SSSR count). The zero-order valence-electron chi connectivity index (χ0n) is 16.5. The van der Waals surface area contributed by atoms with Crippen molar-refractivity contribution in [3.63, 3.8) is 0 Å². The third-order valence-electron chi connectivity index (χ3n) is 4.15. The van der Waals surface area contributed by atoms with Gasteiger partial charge in [-0.3, -0.25) is 4.79 Å². The molecule has 0 saturated heterocycles. The van der Waals surface area contributed by atoms with Gasteiger partial charge in [-0.25, -0.2) is 0 Å². The zero-order chi connectivity index (χ0) is 22.7. The van der Waals surface area contributed by atoms with Gasteiger partial charge in [0.05, 0.1) is 5.56 Å². The van der Waals surface area contributed by atoms with Crippen LogP contribution in [0.3, 0.4) is 0 Å². The van der Waals surface area contributed by atoms with Gasteiger partial charge in [0.15, 0.2) is 0 Å². The van der Waals surface area contributed by atoms with E-state index < -0.39 is 32.1 Å². The van der Waals surface area contributed by atoms with E-state index in [0.29, 0.717) is 11.6 Å². The van der Waals surface area contributed by atoms with E-state index in [4.69, 9.17) is 15.8 Å². The van der Waals surface area contributed by atoms with Gasteiger partial charge in [0, 0.05) is 12.6 Å². The molecule has 0 aliphatic heterocycles. The molecule has 2 aromatic rings. The first-order valence-electron chi connectivity index (χ1n) is 8.96. The fourth-order valence-corrected chi connectivity index (χ4v) is 3.73. The first-order chi connectivity index (χ1) is 13.8. The number of amides is 1. The number of rotatable bonds is 7. The van der Waals surface area contributed by atoms with E-state index in [1.165, 1.54) is 23.1 Å². The van der Waals surface area contributed by atoms with Crippen LogP contribution < -0.4 is 4.18 Å². The molecule has 0 radical (unpaired) electrons. The maximum absolute atomic E-state index is 12.9. The average Bonchev–Trinajstić information content (AvgIpc) is 2.64. The predicted octanol–water partition coefficient (Wildman–Crippen LogP) is 4.84. The molecule has 0 heterocycles. The number of halogens is 4. The van der Waals surface area contributed by atoms with Crippen molar-refractivity contribution in [2.45, 2.75) is 49.8 Å². The molecule has 0 aliphatic carbocycles. The number of hydrogen-bond donors (Lipinski definition) is 0. The Kier molecular flexibility index (Phi) is 7.41. The normalized spacial score (nSPS) is 13.2. The van der Waals surface area contributed by atoms with Crippen molar-refractivity contribution in [2.24, 2.45) is 0 Å². The van der Waals surface area contributed by atoms with Gasteiger partial charge in [0.1, 0.15) is 16.0 Å². The van der Waals surface area contributed by atoms with Crippen LogP contribution in [0.15, 0.2) is 53.4 Å². The maximum atomic E-state index is 12.9. The zero-order valence-corrected chi connectivity index (χ0v) is 18.1. The Morgan fingerprint density at radius 1 is 1.10 bits per heavy atom. The van der Waals surface area contributed by atoms with Crippen molar-refractivity contribution in [3.05, 3.63) is 59.7 Å². The molecule has 2 aromatic carbocycles. The minimum atomic E-state index is -4.68. The van der Waals surface area contributed by atoms with E-state index in [0.717, 1.165) is 18.2 Å². The number of benzene rings is 2. The number of nitrogens with zero attached hydrogens (tertiary/aromatic N) is 1. The molecule has 0 bridgehead atoms. The summed E-state index contributed by atoms with van der Waals surface area (Å²) in [6, 6.07) is 9.12. The van der Waals surface area contributed by atoms with Crippen LogP contribution in [0.2, 0.25) is 0 Å². The Labute approximate surface area is 178 Å². The van der Waals surface area contributed by atoms with Crippen LogP contribution in [-0.2, 0) is 27.6 Å². The Bertz CT molecular complexity index is 1010. The van der Waals surface area contributed by atoms with E-state index in [1.807, 2.05) is 13.8 Å². The third-order valence-corrected chi connectivity index (χ3v) is 5.58. The summed E-state index contributed by atoms with van der Waals surface area (Å²) in [5.74, 6) is -0.366. The maximum Gasteiger partial charge on any atom is 0.416 e. The molecular weight excluding hydrogens is 443 g/mol. The van der Waals surface area contributed by atoms with Crippen LogP contribution in [0.25, 0.3) is 0 Å². The molecule has 0 aromatic heterocycles. The summed E-state index contributed by atoms with van der Waals surface area (Å²) in [7, 11) is -4.49. The number of carbonyl (C=O) groups is 1. The first-order valence-corrected chi connectivity index (χ1v) is 10.8. The van der Waals surface area contributed by atoms with Crippen LogP contribution in [0.1, 0.15) is 31.9 Å². The van der Waals surface area contributed by atoms with Gasteiger partial charge in [0.25, 0.3) is 0 Å². The lowest BCUT2D eigenvalue weighted by Crippen LogP contribution is -2.40. The van der Waals surface area contributed by atoms with E-state index in [2.05, 4.69) is 0 Å². The lowest BCUT2D eigenvalue weighted by molar-refractivity contribution is -0.137. The monoisotopic (exact) mass is 463 g/mol. The summed E-state index contributed by atoms with van der Waals surface area (Å²) < 4.78 is 68.5. The lowest BCUT2D eigenvalue weighted by Gasteiger charge is -2.28. The highest BCUT2D eigenvalue weighted by Gasteiger charge is 2.32. The van der Waals surface area contributed by atoms with Crippen LogP contribution in [0.4, 0.5) is 13.2 Å². The van der Waals surface area contributed by atoms with E-state index in [1.54, 1.807) is 13.0 Å².